The molecule has 5 rings (SSSR count). The molecule has 0 saturated heterocycles. The summed E-state index contributed by atoms with van der Waals surface area (Å²) < 4.78 is 5.42. The molecule has 4 aliphatic rings. The van der Waals surface area contributed by atoms with E-state index in [1.165, 1.54) is 18.4 Å². The molecule has 0 bridgehead atoms. The van der Waals surface area contributed by atoms with Crippen LogP contribution in [0.25, 0.3) is 0 Å². The van der Waals surface area contributed by atoms with Crippen LogP contribution in [-0.4, -0.2) is 29.2 Å². The smallest absolute Gasteiger partial charge is 0.408 e. The molecule has 2 N–H and O–H groups in total. The number of nitrogens with one attached hydrogen (secondary N) is 2. The van der Waals surface area contributed by atoms with E-state index in [1.54, 1.807) is 0 Å². The van der Waals surface area contributed by atoms with Gasteiger partial charge < -0.3 is 15.4 Å². The summed E-state index contributed by atoms with van der Waals surface area (Å²) >= 11 is 0. The second-order valence-corrected chi connectivity index (χ2v) is 10.7. The van der Waals surface area contributed by atoms with Crippen LogP contribution in [0.2, 0.25) is 0 Å². The number of alkyl carbamates (subject to hydrolysis) is 1. The maximum absolute atomic E-state index is 13.3. The minimum Gasteiger partial charge on any atom is -0.444 e. The molecule has 0 radical (unpaired) electrons. The summed E-state index contributed by atoms with van der Waals surface area (Å²) in [5.74, 6) is 2.46. The van der Waals surface area contributed by atoms with E-state index in [2.05, 4.69) is 22.8 Å². The van der Waals surface area contributed by atoms with Crippen molar-refractivity contribution in [2.45, 2.75) is 76.5 Å². The highest BCUT2D eigenvalue weighted by Crippen LogP contribution is 2.89. The van der Waals surface area contributed by atoms with Crippen LogP contribution in [0.3, 0.4) is 0 Å². The number of carbonyl (C=O) groups excluding carboxylic acids is 2. The molecule has 4 fully saturated rings. The minimum atomic E-state index is -0.588. The molecule has 0 heterocycles. The van der Waals surface area contributed by atoms with Gasteiger partial charge in [0.05, 0.1) is 0 Å². The predicted molar refractivity (Wildman–Crippen MR) is 110 cm³/mol. The number of aryl methyl sites for hydroxylation is 1. The average molecular weight is 397 g/mol. The fraction of sp³-hybridized carbons (Fsp3) is 0.667. The van der Waals surface area contributed by atoms with Gasteiger partial charge in [0.1, 0.15) is 11.6 Å². The molecule has 3 atom stereocenters. The van der Waals surface area contributed by atoms with Crippen molar-refractivity contribution in [3.63, 3.8) is 0 Å². The van der Waals surface area contributed by atoms with Crippen LogP contribution in [0.5, 0.6) is 0 Å². The first-order chi connectivity index (χ1) is 13.7. The van der Waals surface area contributed by atoms with Crippen LogP contribution in [0.1, 0.15) is 58.4 Å². The molecule has 1 aromatic carbocycles. The molecule has 2 amide bonds. The number of ether oxygens (including phenoxy) is 1. The summed E-state index contributed by atoms with van der Waals surface area (Å²) in [5, 5.41) is 6.25. The Balaban J connectivity index is 1.26. The molecule has 5 heteroatoms. The molecule has 29 heavy (non-hydrogen) atoms. The quantitative estimate of drug-likeness (QED) is 0.768. The molecule has 5 nitrogen and oxygen atoms in total. The lowest BCUT2D eigenvalue weighted by Gasteiger charge is -2.91. The SMILES string of the molecule is CC(C)(C)OC(=O)NC(CCc1ccccc1)C(=O)NC12CC3CC4CC(C1)C432. The molecule has 3 unspecified atom stereocenters. The van der Waals surface area contributed by atoms with Crippen molar-refractivity contribution in [2.24, 2.45) is 23.2 Å². The van der Waals surface area contributed by atoms with Crippen molar-refractivity contribution in [1.29, 1.82) is 0 Å². The third-order valence-electron chi connectivity index (χ3n) is 8.12. The Morgan fingerprint density at radius 1 is 1.10 bits per heavy atom. The maximum Gasteiger partial charge on any atom is 0.408 e. The van der Waals surface area contributed by atoms with Crippen LogP contribution in [0.15, 0.2) is 30.3 Å². The summed E-state index contributed by atoms with van der Waals surface area (Å²) in [5.41, 5.74) is 1.02. The maximum atomic E-state index is 13.3. The fourth-order valence-electron chi connectivity index (χ4n) is 7.14. The first-order valence-electron chi connectivity index (χ1n) is 11.1. The fourth-order valence-corrected chi connectivity index (χ4v) is 7.14. The normalized spacial score (nSPS) is 36.6. The van der Waals surface area contributed by atoms with Gasteiger partial charge in [0.25, 0.3) is 0 Å². The lowest BCUT2D eigenvalue weighted by Crippen LogP contribution is -2.93. The van der Waals surface area contributed by atoms with E-state index >= 15 is 0 Å². The summed E-state index contributed by atoms with van der Waals surface area (Å²) in [6.07, 6.45) is 5.76. The van der Waals surface area contributed by atoms with Crippen molar-refractivity contribution in [3.05, 3.63) is 35.9 Å². The predicted octanol–water partition coefficient (Wildman–Crippen LogP) is 3.82. The van der Waals surface area contributed by atoms with E-state index in [-0.39, 0.29) is 11.4 Å². The van der Waals surface area contributed by atoms with E-state index in [1.807, 2.05) is 39.0 Å². The van der Waals surface area contributed by atoms with Crippen molar-refractivity contribution >= 4 is 12.0 Å². The topological polar surface area (TPSA) is 67.4 Å². The van der Waals surface area contributed by atoms with Gasteiger partial charge in [0.15, 0.2) is 0 Å². The average Bonchev–Trinajstić information content (AvgIpc) is 2.58. The van der Waals surface area contributed by atoms with Gasteiger partial charge in [-0.05, 0) is 82.6 Å². The van der Waals surface area contributed by atoms with Crippen molar-refractivity contribution < 1.29 is 14.3 Å². The van der Waals surface area contributed by atoms with Gasteiger partial charge in [-0.1, -0.05) is 30.3 Å². The van der Waals surface area contributed by atoms with E-state index in [4.69, 9.17) is 4.74 Å². The summed E-state index contributed by atoms with van der Waals surface area (Å²) in [7, 11) is 0. The number of carbonyl (C=O) groups is 2. The van der Waals surface area contributed by atoms with Crippen LogP contribution in [-0.2, 0) is 16.0 Å². The lowest BCUT2D eigenvalue weighted by molar-refractivity contribution is -0.394. The van der Waals surface area contributed by atoms with Crippen LogP contribution in [0.4, 0.5) is 4.79 Å². The van der Waals surface area contributed by atoms with Crippen molar-refractivity contribution in [1.82, 2.24) is 10.6 Å². The Hall–Kier alpha value is -2.04. The Morgan fingerprint density at radius 2 is 1.76 bits per heavy atom. The molecular formula is C24H32N2O3. The van der Waals surface area contributed by atoms with E-state index in [0.717, 1.165) is 37.0 Å². The van der Waals surface area contributed by atoms with Crippen LogP contribution >= 0.6 is 0 Å². The largest absolute Gasteiger partial charge is 0.444 e. The van der Waals surface area contributed by atoms with Crippen molar-refractivity contribution in [2.75, 3.05) is 0 Å². The summed E-state index contributed by atoms with van der Waals surface area (Å²) in [4.78, 5) is 25.7. The highest BCUT2D eigenvalue weighted by molar-refractivity contribution is 5.87. The molecule has 0 aliphatic heterocycles. The third-order valence-corrected chi connectivity index (χ3v) is 8.12. The summed E-state index contributed by atoms with van der Waals surface area (Å²) in [6, 6.07) is 9.52. The van der Waals surface area contributed by atoms with Gasteiger partial charge in [-0.2, -0.15) is 0 Å². The zero-order valence-electron chi connectivity index (χ0n) is 17.7. The Labute approximate surface area is 173 Å². The van der Waals surface area contributed by atoms with E-state index < -0.39 is 17.7 Å². The van der Waals surface area contributed by atoms with Crippen molar-refractivity contribution in [3.8, 4) is 0 Å². The zero-order chi connectivity index (χ0) is 20.4. The summed E-state index contributed by atoms with van der Waals surface area (Å²) in [6.45, 7) is 5.50. The van der Waals surface area contributed by atoms with E-state index in [9.17, 15) is 9.59 Å². The Bertz CT molecular complexity index is 803. The number of benzene rings is 1. The molecule has 1 spiro atoms. The Kier molecular flexibility index (Phi) is 4.07. The van der Waals surface area contributed by atoms with E-state index in [0.29, 0.717) is 11.8 Å². The third kappa shape index (κ3) is 2.72. The van der Waals surface area contributed by atoms with Gasteiger partial charge in [-0.3, -0.25) is 4.79 Å². The first-order valence-corrected chi connectivity index (χ1v) is 11.1. The van der Waals surface area contributed by atoms with Crippen LogP contribution < -0.4 is 10.6 Å². The molecule has 0 aromatic heterocycles. The highest BCUT2D eigenvalue weighted by atomic mass is 16.6. The highest BCUT2D eigenvalue weighted by Gasteiger charge is 2.88. The van der Waals surface area contributed by atoms with Gasteiger partial charge in [0, 0.05) is 11.0 Å². The number of hydrogen-bond acceptors (Lipinski definition) is 3. The standard InChI is InChI=1S/C24H32N2O3/c1-22(2,3)29-21(28)25-19(10-9-15-7-5-4-6-8-15)20(27)26-23-13-17-11-16-12-18(14-23)24(16,17)23/h4-8,16-19H,9-14H2,1-3H3,(H,25,28)(H,26,27). The zero-order valence-corrected chi connectivity index (χ0v) is 17.7. The van der Waals surface area contributed by atoms with Gasteiger partial charge in [0.2, 0.25) is 5.91 Å². The van der Waals surface area contributed by atoms with Gasteiger partial charge in [-0.25, -0.2) is 4.79 Å². The van der Waals surface area contributed by atoms with Gasteiger partial charge in [-0.15, -0.1) is 0 Å². The van der Waals surface area contributed by atoms with Crippen LogP contribution in [0, 0.1) is 23.2 Å². The number of amides is 2. The number of rotatable bonds is 6. The lowest BCUT2D eigenvalue weighted by atomic mass is 9.15. The Morgan fingerprint density at radius 3 is 2.31 bits per heavy atom. The molecular weight excluding hydrogens is 364 g/mol. The molecule has 156 valence electrons. The first kappa shape index (κ1) is 19.0. The molecule has 1 aromatic rings. The van der Waals surface area contributed by atoms with Gasteiger partial charge >= 0.3 is 6.09 Å². The monoisotopic (exact) mass is 396 g/mol. The molecule has 4 saturated carbocycles. The minimum absolute atomic E-state index is 0.0151. The number of hydrogen-bond donors (Lipinski definition) is 2. The second-order valence-electron chi connectivity index (χ2n) is 10.7. The molecule has 4 aliphatic carbocycles. The second kappa shape index (κ2) is 6.23.